The second kappa shape index (κ2) is 55.7. The molecule has 0 spiro atoms. The minimum absolute atomic E-state index is 0.104. The van der Waals surface area contributed by atoms with E-state index in [1.54, 1.807) is 0 Å². The summed E-state index contributed by atoms with van der Waals surface area (Å²) in [6, 6.07) is 0. The maximum Gasteiger partial charge on any atom is 0.306 e. The molecule has 0 heterocycles. The van der Waals surface area contributed by atoms with Crippen LogP contribution in [-0.2, 0) is 28.6 Å². The fraction of sp³-hybridized carbons (Fsp3) is 0.661. The molecule has 6 heteroatoms. The molecule has 0 amide bonds. The van der Waals surface area contributed by atoms with Crippen LogP contribution in [0.5, 0.6) is 0 Å². The summed E-state index contributed by atoms with van der Waals surface area (Å²) in [6.45, 7) is 6.42. The zero-order valence-electron chi connectivity index (χ0n) is 44.1. The van der Waals surface area contributed by atoms with E-state index in [2.05, 4.69) is 130 Å². The molecular weight excluding hydrogens is 841 g/mol. The zero-order valence-corrected chi connectivity index (χ0v) is 44.1. The molecule has 0 aromatic carbocycles. The number of carbonyl (C=O) groups is 3. The molecule has 0 aromatic rings. The number of rotatable bonds is 49. The molecular formula is C62H102O6. The Hall–Kier alpha value is -3.93. The van der Waals surface area contributed by atoms with Gasteiger partial charge >= 0.3 is 17.9 Å². The van der Waals surface area contributed by atoms with Gasteiger partial charge in [-0.1, -0.05) is 214 Å². The van der Waals surface area contributed by atoms with Crippen LogP contribution in [-0.4, -0.2) is 37.2 Å². The average molecular weight is 943 g/mol. The fourth-order valence-corrected chi connectivity index (χ4v) is 7.28. The third kappa shape index (κ3) is 53.0. The van der Waals surface area contributed by atoms with E-state index in [4.69, 9.17) is 14.2 Å². The molecule has 0 saturated carbocycles. The average Bonchev–Trinajstić information content (AvgIpc) is 3.34. The Morgan fingerprint density at radius 3 is 0.985 bits per heavy atom. The van der Waals surface area contributed by atoms with Crippen molar-refractivity contribution in [2.24, 2.45) is 0 Å². The number of esters is 3. The van der Waals surface area contributed by atoms with E-state index in [-0.39, 0.29) is 31.1 Å². The van der Waals surface area contributed by atoms with Gasteiger partial charge in [-0.15, -0.1) is 0 Å². The van der Waals surface area contributed by atoms with Crippen molar-refractivity contribution in [1.82, 2.24) is 0 Å². The molecule has 68 heavy (non-hydrogen) atoms. The van der Waals surface area contributed by atoms with E-state index in [1.165, 1.54) is 70.6 Å². The second-order valence-electron chi connectivity index (χ2n) is 18.1. The van der Waals surface area contributed by atoms with Crippen LogP contribution < -0.4 is 0 Å². The lowest BCUT2D eigenvalue weighted by atomic mass is 10.1. The van der Waals surface area contributed by atoms with Gasteiger partial charge in [0.15, 0.2) is 6.10 Å². The maximum atomic E-state index is 12.8. The molecule has 0 rings (SSSR count). The molecule has 0 saturated heterocycles. The molecule has 386 valence electrons. The highest BCUT2D eigenvalue weighted by atomic mass is 16.6. The Labute approximate surface area is 419 Å². The maximum absolute atomic E-state index is 12.8. The van der Waals surface area contributed by atoms with Gasteiger partial charge in [0.05, 0.1) is 0 Å². The highest BCUT2D eigenvalue weighted by Gasteiger charge is 2.19. The number of hydrogen-bond donors (Lipinski definition) is 0. The Morgan fingerprint density at radius 2 is 0.588 bits per heavy atom. The first-order valence-corrected chi connectivity index (χ1v) is 27.9. The van der Waals surface area contributed by atoms with Gasteiger partial charge in [0.25, 0.3) is 0 Å². The standard InChI is InChI=1S/C62H102O6/c1-4-7-10-13-16-19-22-25-28-29-30-31-32-33-35-37-40-43-46-49-52-55-61(64)67-58-59(57-66-60(63)54-51-48-45-42-39-36-27-24-21-18-15-12-9-6-3)68-62(65)56-53-50-47-44-41-38-34-26-23-20-17-14-11-8-5-2/h7,10,15-16,18-19,24-28,30-31,33-35,40,43,59H,4-6,8-9,11-14,17,20-23,29,32,36-39,41-42,44-58H2,1-3H3/b10-7-,18-15-,19-16-,27-24-,28-25-,31-30-,34-26-,35-33-,43-40-. The Bertz CT molecular complexity index is 1410. The number of allylic oxidation sites excluding steroid dienone is 18. The minimum Gasteiger partial charge on any atom is -0.462 e. The number of unbranched alkanes of at least 4 members (excludes halogenated alkanes) is 20. The first-order chi connectivity index (χ1) is 33.5. The van der Waals surface area contributed by atoms with Crippen molar-refractivity contribution < 1.29 is 28.6 Å². The summed E-state index contributed by atoms with van der Waals surface area (Å²) in [6.07, 6.45) is 75.0. The van der Waals surface area contributed by atoms with Crippen LogP contribution in [0, 0.1) is 0 Å². The van der Waals surface area contributed by atoms with Gasteiger partial charge in [0.1, 0.15) is 13.2 Å². The highest BCUT2D eigenvalue weighted by molar-refractivity contribution is 5.71. The van der Waals surface area contributed by atoms with Crippen LogP contribution in [0.2, 0.25) is 0 Å². The SMILES string of the molecule is CC/C=C\C/C=C\C/C=C\C/C=C\C/C=C\C/C=C\CCCCC(=O)OCC(COC(=O)CCCCCCC/C=C\C/C=C\CCCC)OC(=O)CCCCCCC/C=C\CCCCCCCC. The predicted octanol–water partition coefficient (Wildman–Crippen LogP) is 18.7. The first kappa shape index (κ1) is 64.1. The Kier molecular flexibility index (Phi) is 52.4. The van der Waals surface area contributed by atoms with E-state index in [9.17, 15) is 14.4 Å². The van der Waals surface area contributed by atoms with Gasteiger partial charge in [-0.2, -0.15) is 0 Å². The molecule has 1 unspecified atom stereocenters. The van der Waals surface area contributed by atoms with E-state index >= 15 is 0 Å². The Morgan fingerprint density at radius 1 is 0.309 bits per heavy atom. The van der Waals surface area contributed by atoms with Crippen molar-refractivity contribution in [3.05, 3.63) is 109 Å². The van der Waals surface area contributed by atoms with E-state index in [0.717, 1.165) is 128 Å². The molecule has 0 bridgehead atoms. The van der Waals surface area contributed by atoms with E-state index < -0.39 is 6.10 Å². The summed E-state index contributed by atoms with van der Waals surface area (Å²) < 4.78 is 16.8. The summed E-state index contributed by atoms with van der Waals surface area (Å²) in [4.78, 5) is 38.1. The molecule has 0 aliphatic carbocycles. The number of carbonyl (C=O) groups excluding carboxylic acids is 3. The van der Waals surface area contributed by atoms with E-state index in [1.807, 2.05) is 0 Å². The molecule has 0 aromatic heterocycles. The second-order valence-corrected chi connectivity index (χ2v) is 18.1. The molecule has 0 aliphatic rings. The minimum atomic E-state index is -0.808. The monoisotopic (exact) mass is 943 g/mol. The van der Waals surface area contributed by atoms with Crippen molar-refractivity contribution in [1.29, 1.82) is 0 Å². The molecule has 0 radical (unpaired) electrons. The normalized spacial score (nSPS) is 12.9. The molecule has 0 aliphatic heterocycles. The van der Waals surface area contributed by atoms with Crippen LogP contribution in [0.4, 0.5) is 0 Å². The van der Waals surface area contributed by atoms with Crippen molar-refractivity contribution in [2.75, 3.05) is 13.2 Å². The lowest BCUT2D eigenvalue weighted by Gasteiger charge is -2.18. The smallest absolute Gasteiger partial charge is 0.306 e. The van der Waals surface area contributed by atoms with E-state index in [0.29, 0.717) is 25.7 Å². The van der Waals surface area contributed by atoms with Crippen LogP contribution in [0.25, 0.3) is 0 Å². The molecule has 1 atom stereocenters. The summed E-state index contributed by atoms with van der Waals surface area (Å²) in [5, 5.41) is 0. The lowest BCUT2D eigenvalue weighted by Crippen LogP contribution is -2.30. The third-order valence-corrected chi connectivity index (χ3v) is 11.5. The van der Waals surface area contributed by atoms with Crippen LogP contribution in [0.1, 0.15) is 245 Å². The largest absolute Gasteiger partial charge is 0.462 e. The first-order valence-electron chi connectivity index (χ1n) is 27.9. The Balaban J connectivity index is 4.50. The van der Waals surface area contributed by atoms with Gasteiger partial charge in [0, 0.05) is 19.3 Å². The van der Waals surface area contributed by atoms with Crippen LogP contribution in [0.15, 0.2) is 109 Å². The van der Waals surface area contributed by atoms with Crippen molar-refractivity contribution in [3.63, 3.8) is 0 Å². The molecule has 0 fully saturated rings. The summed E-state index contributed by atoms with van der Waals surface area (Å²) in [5.74, 6) is -0.972. The zero-order chi connectivity index (χ0) is 49.3. The third-order valence-electron chi connectivity index (χ3n) is 11.5. The van der Waals surface area contributed by atoms with Gasteiger partial charge in [-0.25, -0.2) is 0 Å². The van der Waals surface area contributed by atoms with Crippen LogP contribution in [0.3, 0.4) is 0 Å². The number of hydrogen-bond acceptors (Lipinski definition) is 6. The predicted molar refractivity (Wildman–Crippen MR) is 293 cm³/mol. The van der Waals surface area contributed by atoms with Gasteiger partial charge in [-0.05, 0) is 122 Å². The van der Waals surface area contributed by atoms with Gasteiger partial charge in [-0.3, -0.25) is 14.4 Å². The summed E-state index contributed by atoms with van der Waals surface area (Å²) in [5.41, 5.74) is 0. The van der Waals surface area contributed by atoms with Crippen molar-refractivity contribution >= 4 is 17.9 Å². The van der Waals surface area contributed by atoms with Gasteiger partial charge < -0.3 is 14.2 Å². The van der Waals surface area contributed by atoms with Gasteiger partial charge in [0.2, 0.25) is 0 Å². The fourth-order valence-electron chi connectivity index (χ4n) is 7.28. The van der Waals surface area contributed by atoms with Crippen molar-refractivity contribution in [2.45, 2.75) is 252 Å². The topological polar surface area (TPSA) is 78.9 Å². The lowest BCUT2D eigenvalue weighted by molar-refractivity contribution is -0.167. The summed E-state index contributed by atoms with van der Waals surface area (Å²) in [7, 11) is 0. The molecule has 6 nitrogen and oxygen atoms in total. The molecule has 0 N–H and O–H groups in total. The highest BCUT2D eigenvalue weighted by Crippen LogP contribution is 2.13. The van der Waals surface area contributed by atoms with Crippen LogP contribution >= 0.6 is 0 Å². The van der Waals surface area contributed by atoms with Crippen molar-refractivity contribution in [3.8, 4) is 0 Å². The number of ether oxygens (including phenoxy) is 3. The quantitative estimate of drug-likeness (QED) is 0.0262. The summed E-state index contributed by atoms with van der Waals surface area (Å²) >= 11 is 0.